The highest BCUT2D eigenvalue weighted by molar-refractivity contribution is 7.98. The zero-order valence-electron chi connectivity index (χ0n) is 14.4. The molecule has 1 N–H and O–H groups in total. The minimum Gasteiger partial charge on any atom is -0.324 e. The molecule has 1 amide bonds. The molecule has 3 rings (SSSR count). The highest BCUT2D eigenvalue weighted by Gasteiger charge is 2.17. The Kier molecular flexibility index (Phi) is 5.58. The van der Waals surface area contributed by atoms with E-state index >= 15 is 0 Å². The number of benzene rings is 1. The van der Waals surface area contributed by atoms with Crippen LogP contribution >= 0.6 is 23.3 Å². The van der Waals surface area contributed by atoms with E-state index in [2.05, 4.69) is 9.69 Å². The van der Waals surface area contributed by atoms with Gasteiger partial charge in [-0.1, -0.05) is 13.0 Å². The Hall–Kier alpha value is -2.39. The van der Waals surface area contributed by atoms with Crippen molar-refractivity contribution in [3.8, 4) is 0 Å². The summed E-state index contributed by atoms with van der Waals surface area (Å²) in [6.07, 6.45) is 2.59. The van der Waals surface area contributed by atoms with Gasteiger partial charge in [-0.2, -0.15) is 4.37 Å². The lowest BCUT2D eigenvalue weighted by molar-refractivity contribution is -0.116. The Labute approximate surface area is 157 Å². The number of aromatic nitrogens is 3. The van der Waals surface area contributed by atoms with Crippen LogP contribution in [0.2, 0.25) is 0 Å². The summed E-state index contributed by atoms with van der Waals surface area (Å²) in [7, 11) is 0. The Morgan fingerprint density at radius 1 is 1.31 bits per heavy atom. The monoisotopic (exact) mass is 390 g/mol. The molecule has 0 fully saturated rings. The molecule has 7 nitrogen and oxygen atoms in total. The molecule has 0 unspecified atom stereocenters. The summed E-state index contributed by atoms with van der Waals surface area (Å²) < 4.78 is 6.54. The van der Waals surface area contributed by atoms with E-state index in [1.807, 2.05) is 31.4 Å². The highest BCUT2D eigenvalue weighted by Crippen LogP contribution is 2.19. The third-order valence-electron chi connectivity index (χ3n) is 3.85. The first-order valence-corrected chi connectivity index (χ1v) is 10.1. The largest absolute Gasteiger partial charge is 0.332 e. The van der Waals surface area contributed by atoms with Crippen LogP contribution in [0.3, 0.4) is 0 Å². The summed E-state index contributed by atoms with van der Waals surface area (Å²) in [6.45, 7) is 2.00. The van der Waals surface area contributed by atoms with Crippen molar-refractivity contribution in [1.82, 2.24) is 13.5 Å². The van der Waals surface area contributed by atoms with Gasteiger partial charge in [-0.05, 0) is 42.4 Å². The Morgan fingerprint density at radius 3 is 2.85 bits per heavy atom. The van der Waals surface area contributed by atoms with Crippen molar-refractivity contribution in [1.29, 1.82) is 0 Å². The summed E-state index contributed by atoms with van der Waals surface area (Å²) in [6, 6.07) is 7.47. The molecule has 0 aliphatic carbocycles. The highest BCUT2D eigenvalue weighted by atomic mass is 32.2. The number of fused-ring (bicyclic) bond motifs is 1. The zero-order valence-corrected chi connectivity index (χ0v) is 16.0. The summed E-state index contributed by atoms with van der Waals surface area (Å²) in [5.41, 5.74) is 0.386. The van der Waals surface area contributed by atoms with Crippen LogP contribution in [-0.4, -0.2) is 25.7 Å². The fourth-order valence-electron chi connectivity index (χ4n) is 2.65. The summed E-state index contributed by atoms with van der Waals surface area (Å²) in [5.74, 6) is -0.334. The molecular weight excluding hydrogens is 372 g/mol. The molecule has 3 aromatic rings. The fourth-order valence-corrected chi connectivity index (χ4v) is 3.78. The number of thioether (sulfide) groups is 1. The van der Waals surface area contributed by atoms with Crippen molar-refractivity contribution in [2.45, 2.75) is 31.3 Å². The molecule has 26 heavy (non-hydrogen) atoms. The molecule has 0 aliphatic heterocycles. The molecule has 0 bridgehead atoms. The molecule has 2 aromatic heterocycles. The average Bonchev–Trinajstić information content (AvgIpc) is 3.12. The number of nitrogens with zero attached hydrogens (tertiary/aromatic N) is 3. The Morgan fingerprint density at radius 2 is 2.12 bits per heavy atom. The third kappa shape index (κ3) is 3.58. The van der Waals surface area contributed by atoms with Gasteiger partial charge in [0.25, 0.3) is 5.56 Å². The zero-order chi connectivity index (χ0) is 18.7. The van der Waals surface area contributed by atoms with Gasteiger partial charge in [-0.25, -0.2) is 4.79 Å². The predicted octanol–water partition coefficient (Wildman–Crippen LogP) is 2.39. The average molecular weight is 390 g/mol. The first-order chi connectivity index (χ1) is 12.5. The molecule has 136 valence electrons. The molecule has 1 aromatic carbocycles. The van der Waals surface area contributed by atoms with Gasteiger partial charge in [-0.15, -0.1) is 11.8 Å². The van der Waals surface area contributed by atoms with Crippen molar-refractivity contribution >= 4 is 45.9 Å². The van der Waals surface area contributed by atoms with E-state index in [-0.39, 0.29) is 18.0 Å². The van der Waals surface area contributed by atoms with Gasteiger partial charge >= 0.3 is 5.69 Å². The minimum atomic E-state index is -0.488. The molecule has 0 saturated heterocycles. The van der Waals surface area contributed by atoms with Gasteiger partial charge < -0.3 is 5.32 Å². The maximum absolute atomic E-state index is 12.7. The number of nitrogens with one attached hydrogen (secondary N) is 1. The third-order valence-corrected chi connectivity index (χ3v) is 5.20. The maximum atomic E-state index is 12.7. The number of carbonyl (C=O) groups is 1. The number of carbonyl (C=O) groups excluding carboxylic acids is 1. The SMILES string of the molecule is CCCn1c(=O)c2nscc2n(CC(=O)Nc2cccc(SC)c2)c1=O. The van der Waals surface area contributed by atoms with Gasteiger partial charge in [0.2, 0.25) is 5.91 Å². The summed E-state index contributed by atoms with van der Waals surface area (Å²) >= 11 is 2.67. The molecule has 0 atom stereocenters. The van der Waals surface area contributed by atoms with E-state index in [9.17, 15) is 14.4 Å². The number of rotatable bonds is 6. The van der Waals surface area contributed by atoms with Crippen LogP contribution in [-0.2, 0) is 17.9 Å². The molecule has 2 heterocycles. The molecule has 9 heteroatoms. The second kappa shape index (κ2) is 7.88. The molecule has 0 aliphatic rings. The first kappa shape index (κ1) is 18.4. The van der Waals surface area contributed by atoms with Crippen LogP contribution in [0.25, 0.3) is 11.0 Å². The van der Waals surface area contributed by atoms with Crippen LogP contribution in [0, 0.1) is 0 Å². The van der Waals surface area contributed by atoms with E-state index in [0.717, 1.165) is 21.0 Å². The van der Waals surface area contributed by atoms with Crippen LogP contribution in [0.15, 0.2) is 44.1 Å². The van der Waals surface area contributed by atoms with Crippen LogP contribution in [0.1, 0.15) is 13.3 Å². The quantitative estimate of drug-likeness (QED) is 0.653. The van der Waals surface area contributed by atoms with Crippen LogP contribution in [0.5, 0.6) is 0 Å². The van der Waals surface area contributed by atoms with E-state index in [0.29, 0.717) is 24.2 Å². The topological polar surface area (TPSA) is 86.0 Å². The Balaban J connectivity index is 1.95. The summed E-state index contributed by atoms with van der Waals surface area (Å²) in [4.78, 5) is 38.6. The van der Waals surface area contributed by atoms with Gasteiger partial charge in [0, 0.05) is 22.5 Å². The van der Waals surface area contributed by atoms with Crippen molar-refractivity contribution in [2.75, 3.05) is 11.6 Å². The van der Waals surface area contributed by atoms with Crippen LogP contribution in [0.4, 0.5) is 5.69 Å². The van der Waals surface area contributed by atoms with E-state index in [4.69, 9.17) is 0 Å². The predicted molar refractivity (Wildman–Crippen MR) is 105 cm³/mol. The lowest BCUT2D eigenvalue weighted by Crippen LogP contribution is -2.41. The smallest absolute Gasteiger partial charge is 0.324 e. The fraction of sp³-hybridized carbons (Fsp3) is 0.294. The molecular formula is C17H18N4O3S2. The van der Waals surface area contributed by atoms with Gasteiger partial charge in [0.1, 0.15) is 6.54 Å². The minimum absolute atomic E-state index is 0.179. The standard InChI is InChI=1S/C17H18N4O3S2/c1-3-7-20-16(23)15-13(10-26-19-15)21(17(20)24)9-14(22)18-11-5-4-6-12(8-11)25-2/h4-6,8,10H,3,7,9H2,1-2H3,(H,18,22). The van der Waals surface area contributed by atoms with Crippen molar-refractivity contribution < 1.29 is 4.79 Å². The second-order valence-electron chi connectivity index (χ2n) is 5.65. The molecule has 0 radical (unpaired) electrons. The van der Waals surface area contributed by atoms with Crippen LogP contribution < -0.4 is 16.6 Å². The van der Waals surface area contributed by atoms with E-state index in [1.165, 1.54) is 4.57 Å². The number of anilines is 1. The van der Waals surface area contributed by atoms with Crippen molar-refractivity contribution in [2.24, 2.45) is 0 Å². The Bertz CT molecular complexity index is 1070. The van der Waals surface area contributed by atoms with Crippen molar-refractivity contribution in [3.63, 3.8) is 0 Å². The number of amides is 1. The molecule has 0 saturated carbocycles. The lowest BCUT2D eigenvalue weighted by Gasteiger charge is -2.11. The van der Waals surface area contributed by atoms with Gasteiger partial charge in [0.05, 0.1) is 5.52 Å². The first-order valence-electron chi connectivity index (χ1n) is 8.06. The van der Waals surface area contributed by atoms with E-state index in [1.54, 1.807) is 23.2 Å². The van der Waals surface area contributed by atoms with Gasteiger partial charge in [0.15, 0.2) is 5.52 Å². The number of hydrogen-bond donors (Lipinski definition) is 1. The number of hydrogen-bond acceptors (Lipinski definition) is 6. The van der Waals surface area contributed by atoms with E-state index < -0.39 is 11.2 Å². The molecule has 0 spiro atoms. The van der Waals surface area contributed by atoms with Gasteiger partial charge in [-0.3, -0.25) is 18.7 Å². The normalized spacial score (nSPS) is 11.0. The lowest BCUT2D eigenvalue weighted by atomic mass is 10.3. The summed E-state index contributed by atoms with van der Waals surface area (Å²) in [5, 5.41) is 4.42. The maximum Gasteiger partial charge on any atom is 0.332 e. The van der Waals surface area contributed by atoms with Crippen molar-refractivity contribution in [3.05, 3.63) is 50.5 Å². The second-order valence-corrected chi connectivity index (χ2v) is 7.16.